The van der Waals surface area contributed by atoms with Gasteiger partial charge in [0.25, 0.3) is 0 Å². The van der Waals surface area contributed by atoms with Crippen LogP contribution in [0.2, 0.25) is 0 Å². The molecule has 0 bridgehead atoms. The lowest BCUT2D eigenvalue weighted by molar-refractivity contribution is -0.125. The largest absolute Gasteiger partial charge is 0.347 e. The van der Waals surface area contributed by atoms with Gasteiger partial charge in [-0.05, 0) is 38.0 Å². The number of amides is 1. The van der Waals surface area contributed by atoms with Crippen LogP contribution in [0.1, 0.15) is 63.1 Å². The van der Waals surface area contributed by atoms with Crippen LogP contribution < -0.4 is 5.32 Å². The summed E-state index contributed by atoms with van der Waals surface area (Å²) >= 11 is 0. The zero-order valence-electron chi connectivity index (χ0n) is 15.3. The monoisotopic (exact) mass is 391 g/mol. The average Bonchev–Trinajstić information content (AvgIpc) is 3.15. The van der Waals surface area contributed by atoms with E-state index in [2.05, 4.69) is 21.7 Å². The van der Waals surface area contributed by atoms with Gasteiger partial charge in [0.15, 0.2) is 15.4 Å². The van der Waals surface area contributed by atoms with Crippen molar-refractivity contribution in [3.8, 4) is 6.07 Å². The first-order valence-electron chi connectivity index (χ1n) is 9.77. The summed E-state index contributed by atoms with van der Waals surface area (Å²) in [6.45, 7) is 0. The van der Waals surface area contributed by atoms with Gasteiger partial charge in [-0.15, -0.1) is 5.10 Å². The van der Waals surface area contributed by atoms with E-state index in [0.717, 1.165) is 38.5 Å². The van der Waals surface area contributed by atoms with Gasteiger partial charge in [-0.3, -0.25) is 4.79 Å². The lowest BCUT2D eigenvalue weighted by Gasteiger charge is -2.30. The Labute approximate surface area is 159 Å². The quantitative estimate of drug-likeness (QED) is 0.812. The molecule has 0 radical (unpaired) electrons. The van der Waals surface area contributed by atoms with Crippen molar-refractivity contribution >= 4 is 15.7 Å². The highest BCUT2D eigenvalue weighted by Crippen LogP contribution is 2.43. The molecule has 27 heavy (non-hydrogen) atoms. The summed E-state index contributed by atoms with van der Waals surface area (Å²) in [4.78, 5) is 12.7. The SMILES string of the molecule is N#CC1(n2cc([C@@H](NC(=O)C3CCS(=O)(=O)C3)C3CCCCC3)nn2)CC1. The Morgan fingerprint density at radius 1 is 1.30 bits per heavy atom. The molecule has 0 spiro atoms. The molecule has 3 aliphatic rings. The van der Waals surface area contributed by atoms with E-state index >= 15 is 0 Å². The van der Waals surface area contributed by atoms with Gasteiger partial charge >= 0.3 is 0 Å². The second-order valence-electron chi connectivity index (χ2n) is 8.22. The molecule has 1 N–H and O–H groups in total. The second-order valence-corrected chi connectivity index (χ2v) is 10.4. The summed E-state index contributed by atoms with van der Waals surface area (Å²) < 4.78 is 25.1. The van der Waals surface area contributed by atoms with E-state index in [1.165, 1.54) is 6.42 Å². The minimum Gasteiger partial charge on any atom is -0.347 e. The molecule has 4 rings (SSSR count). The molecule has 2 aliphatic carbocycles. The number of carbonyl (C=O) groups is 1. The Morgan fingerprint density at radius 2 is 2.04 bits per heavy atom. The minimum absolute atomic E-state index is 0.0690. The maximum Gasteiger partial charge on any atom is 0.224 e. The summed E-state index contributed by atoms with van der Waals surface area (Å²) in [5.41, 5.74) is 0.101. The van der Waals surface area contributed by atoms with E-state index in [0.29, 0.717) is 12.1 Å². The first-order valence-corrected chi connectivity index (χ1v) is 11.6. The zero-order chi connectivity index (χ0) is 19.1. The molecular weight excluding hydrogens is 366 g/mol. The van der Waals surface area contributed by atoms with Crippen molar-refractivity contribution in [3.63, 3.8) is 0 Å². The van der Waals surface area contributed by atoms with Gasteiger partial charge in [0, 0.05) is 0 Å². The Kier molecular flexibility index (Phi) is 4.70. The summed E-state index contributed by atoms with van der Waals surface area (Å²) in [5, 5.41) is 20.9. The first-order chi connectivity index (χ1) is 12.9. The fraction of sp³-hybridized carbons (Fsp3) is 0.778. The van der Waals surface area contributed by atoms with Crippen molar-refractivity contribution in [1.29, 1.82) is 5.26 Å². The third-order valence-electron chi connectivity index (χ3n) is 6.22. The van der Waals surface area contributed by atoms with E-state index < -0.39 is 21.3 Å². The normalized spacial score (nSPS) is 27.6. The van der Waals surface area contributed by atoms with E-state index in [1.807, 2.05) is 0 Å². The van der Waals surface area contributed by atoms with Gasteiger partial charge < -0.3 is 5.32 Å². The van der Waals surface area contributed by atoms with Crippen LogP contribution in [-0.4, -0.2) is 40.8 Å². The van der Waals surface area contributed by atoms with Crippen LogP contribution >= 0.6 is 0 Å². The number of hydrogen-bond donors (Lipinski definition) is 1. The molecule has 1 aliphatic heterocycles. The predicted octanol–water partition coefficient (Wildman–Crippen LogP) is 1.46. The van der Waals surface area contributed by atoms with Gasteiger partial charge in [-0.2, -0.15) is 5.26 Å². The lowest BCUT2D eigenvalue weighted by Crippen LogP contribution is -2.38. The van der Waals surface area contributed by atoms with Gasteiger partial charge in [-0.1, -0.05) is 24.5 Å². The van der Waals surface area contributed by atoms with Crippen molar-refractivity contribution < 1.29 is 13.2 Å². The Bertz CT molecular complexity index is 862. The zero-order valence-corrected chi connectivity index (χ0v) is 16.1. The number of carbonyl (C=O) groups excluding carboxylic acids is 1. The van der Waals surface area contributed by atoms with E-state index in [1.54, 1.807) is 10.9 Å². The molecule has 8 nitrogen and oxygen atoms in total. The molecule has 1 aromatic heterocycles. The lowest BCUT2D eigenvalue weighted by atomic mass is 9.82. The third kappa shape index (κ3) is 3.72. The van der Waals surface area contributed by atoms with Crippen LogP contribution in [-0.2, 0) is 20.2 Å². The molecule has 0 aromatic carbocycles. The fourth-order valence-corrected chi connectivity index (χ4v) is 6.05. The van der Waals surface area contributed by atoms with Crippen molar-refractivity contribution in [3.05, 3.63) is 11.9 Å². The van der Waals surface area contributed by atoms with Crippen molar-refractivity contribution in [1.82, 2.24) is 20.3 Å². The number of rotatable bonds is 5. The van der Waals surface area contributed by atoms with Crippen LogP contribution in [0.4, 0.5) is 0 Å². The molecule has 1 amide bonds. The molecule has 1 unspecified atom stereocenters. The standard InChI is InChI=1S/C18H25N5O3S/c19-12-18(7-8-18)23-10-15(21-22-23)16(13-4-2-1-3-5-13)20-17(24)14-6-9-27(25,26)11-14/h10,13-14,16H,1-9,11H2,(H,20,24)/t14?,16-/m0/s1. The summed E-state index contributed by atoms with van der Waals surface area (Å²) in [7, 11) is -3.11. The van der Waals surface area contributed by atoms with Crippen LogP contribution in [0.5, 0.6) is 0 Å². The second kappa shape index (κ2) is 6.89. The molecule has 2 heterocycles. The first kappa shape index (κ1) is 18.4. The summed E-state index contributed by atoms with van der Waals surface area (Å²) in [6, 6.07) is 2.03. The highest BCUT2D eigenvalue weighted by atomic mass is 32.2. The fourth-order valence-electron chi connectivity index (χ4n) is 4.31. The molecular formula is C18H25N5O3S. The topological polar surface area (TPSA) is 118 Å². The van der Waals surface area contributed by atoms with Crippen LogP contribution in [0.3, 0.4) is 0 Å². The highest BCUT2D eigenvalue weighted by Gasteiger charge is 2.47. The van der Waals surface area contributed by atoms with Gasteiger partial charge in [0.05, 0.1) is 35.7 Å². The number of nitrogens with one attached hydrogen (secondary N) is 1. The number of aromatic nitrogens is 3. The van der Waals surface area contributed by atoms with Gasteiger partial charge in [-0.25, -0.2) is 13.1 Å². The molecule has 3 fully saturated rings. The average molecular weight is 391 g/mol. The molecule has 1 saturated heterocycles. The number of sulfone groups is 1. The summed E-state index contributed by atoms with van der Waals surface area (Å²) in [5.74, 6) is -0.406. The van der Waals surface area contributed by atoms with Crippen molar-refractivity contribution in [2.75, 3.05) is 11.5 Å². The van der Waals surface area contributed by atoms with E-state index in [9.17, 15) is 18.5 Å². The van der Waals surface area contributed by atoms with Gasteiger partial charge in [0.1, 0.15) is 5.69 Å². The van der Waals surface area contributed by atoms with Gasteiger partial charge in [0.2, 0.25) is 5.91 Å². The van der Waals surface area contributed by atoms with E-state index in [-0.39, 0.29) is 29.4 Å². The molecule has 2 atom stereocenters. The number of nitrogens with zero attached hydrogens (tertiary/aromatic N) is 4. The summed E-state index contributed by atoms with van der Waals surface area (Å²) in [6.07, 6.45) is 9.16. The molecule has 2 saturated carbocycles. The van der Waals surface area contributed by atoms with Crippen molar-refractivity contribution in [2.45, 2.75) is 62.9 Å². The maximum absolute atomic E-state index is 12.7. The highest BCUT2D eigenvalue weighted by molar-refractivity contribution is 7.91. The Morgan fingerprint density at radius 3 is 2.63 bits per heavy atom. The maximum atomic E-state index is 12.7. The Hall–Kier alpha value is -1.95. The van der Waals surface area contributed by atoms with Crippen molar-refractivity contribution in [2.24, 2.45) is 11.8 Å². The third-order valence-corrected chi connectivity index (χ3v) is 7.99. The van der Waals surface area contributed by atoms with Crippen LogP contribution in [0.15, 0.2) is 6.20 Å². The molecule has 9 heteroatoms. The smallest absolute Gasteiger partial charge is 0.224 e. The van der Waals surface area contributed by atoms with Crippen LogP contribution in [0.25, 0.3) is 0 Å². The van der Waals surface area contributed by atoms with Crippen LogP contribution in [0, 0.1) is 23.2 Å². The number of hydrogen-bond acceptors (Lipinski definition) is 6. The predicted molar refractivity (Wildman–Crippen MR) is 97.1 cm³/mol. The van der Waals surface area contributed by atoms with E-state index in [4.69, 9.17) is 0 Å². The molecule has 146 valence electrons. The minimum atomic E-state index is -3.11. The number of nitriles is 1. The molecule has 1 aromatic rings. The Balaban J connectivity index is 1.54.